The fraction of sp³-hybridized carbons (Fsp3) is 0.154. The van der Waals surface area contributed by atoms with Gasteiger partial charge in [-0.3, -0.25) is 9.56 Å². The standard InChI is InChI=1S/C26H24N6O/c1-18-30-31-25-24(29-26(33)27-17-16-19-10-4-2-5-11-19)28-23(20-12-6-3-7-13-20)21-14-8-9-15-22(21)32(18)25/h2-15,24H,16-17H2,1H3,(H2,27,29,33). The summed E-state index contributed by atoms with van der Waals surface area (Å²) >= 11 is 0. The van der Waals surface area contributed by atoms with E-state index < -0.39 is 6.17 Å². The Kier molecular flexibility index (Phi) is 5.68. The lowest BCUT2D eigenvalue weighted by atomic mass is 10.0. The largest absolute Gasteiger partial charge is 0.338 e. The third-order valence-electron chi connectivity index (χ3n) is 5.61. The van der Waals surface area contributed by atoms with E-state index in [0.29, 0.717) is 12.4 Å². The number of para-hydroxylation sites is 1. The third kappa shape index (κ3) is 4.25. The Morgan fingerprint density at radius 1 is 0.909 bits per heavy atom. The summed E-state index contributed by atoms with van der Waals surface area (Å²) in [6, 6.07) is 27.8. The van der Waals surface area contributed by atoms with Crippen LogP contribution in [0.3, 0.4) is 0 Å². The van der Waals surface area contributed by atoms with Gasteiger partial charge in [0.2, 0.25) is 0 Å². The number of nitrogens with one attached hydrogen (secondary N) is 2. The normalized spacial score (nSPS) is 14.5. The molecule has 0 saturated carbocycles. The second-order valence-electron chi connectivity index (χ2n) is 7.84. The molecule has 3 aromatic carbocycles. The van der Waals surface area contributed by atoms with E-state index in [1.54, 1.807) is 0 Å². The molecule has 2 heterocycles. The molecule has 164 valence electrons. The lowest BCUT2D eigenvalue weighted by Gasteiger charge is -2.15. The van der Waals surface area contributed by atoms with Crippen LogP contribution in [0.2, 0.25) is 0 Å². The second-order valence-corrected chi connectivity index (χ2v) is 7.84. The van der Waals surface area contributed by atoms with Gasteiger partial charge < -0.3 is 10.6 Å². The molecule has 7 nitrogen and oxygen atoms in total. The number of amides is 2. The number of hydrogen-bond acceptors (Lipinski definition) is 4. The first-order chi connectivity index (χ1) is 16.2. The summed E-state index contributed by atoms with van der Waals surface area (Å²) in [7, 11) is 0. The van der Waals surface area contributed by atoms with Crippen molar-refractivity contribution in [2.24, 2.45) is 4.99 Å². The van der Waals surface area contributed by atoms with E-state index in [-0.39, 0.29) is 6.03 Å². The zero-order valence-electron chi connectivity index (χ0n) is 18.3. The number of fused-ring (bicyclic) bond motifs is 3. The van der Waals surface area contributed by atoms with Crippen LogP contribution in [0.15, 0.2) is 89.9 Å². The fourth-order valence-electron chi connectivity index (χ4n) is 4.04. The maximum atomic E-state index is 12.8. The van der Waals surface area contributed by atoms with Gasteiger partial charge in [-0.1, -0.05) is 78.9 Å². The molecule has 5 rings (SSSR count). The van der Waals surface area contributed by atoms with Crippen molar-refractivity contribution in [1.29, 1.82) is 0 Å². The van der Waals surface area contributed by atoms with E-state index in [1.807, 2.05) is 96.4 Å². The molecular weight excluding hydrogens is 412 g/mol. The number of urea groups is 1. The first kappa shape index (κ1) is 20.6. The first-order valence-corrected chi connectivity index (χ1v) is 10.9. The average Bonchev–Trinajstić information content (AvgIpc) is 3.17. The second kappa shape index (κ2) is 9.08. The smallest absolute Gasteiger partial charge is 0.316 e. The van der Waals surface area contributed by atoms with E-state index in [9.17, 15) is 4.79 Å². The van der Waals surface area contributed by atoms with Crippen molar-refractivity contribution >= 4 is 11.7 Å². The lowest BCUT2D eigenvalue weighted by molar-refractivity contribution is 0.237. The Morgan fingerprint density at radius 3 is 2.39 bits per heavy atom. The minimum Gasteiger partial charge on any atom is -0.338 e. The number of aryl methyl sites for hydroxylation is 1. The van der Waals surface area contributed by atoms with Crippen molar-refractivity contribution in [2.45, 2.75) is 19.5 Å². The molecule has 0 radical (unpaired) electrons. The van der Waals surface area contributed by atoms with Crippen LogP contribution >= 0.6 is 0 Å². The number of aliphatic imine (C=N–C) groups is 1. The van der Waals surface area contributed by atoms with Gasteiger partial charge in [0.15, 0.2) is 12.0 Å². The molecule has 2 N–H and O–H groups in total. The van der Waals surface area contributed by atoms with Crippen LogP contribution in [0.25, 0.3) is 5.69 Å². The van der Waals surface area contributed by atoms with E-state index in [0.717, 1.165) is 34.8 Å². The highest BCUT2D eigenvalue weighted by molar-refractivity contribution is 6.15. The van der Waals surface area contributed by atoms with Crippen molar-refractivity contribution in [3.63, 3.8) is 0 Å². The van der Waals surface area contributed by atoms with Crippen molar-refractivity contribution in [1.82, 2.24) is 25.4 Å². The summed E-state index contributed by atoms with van der Waals surface area (Å²) in [5, 5.41) is 14.6. The first-order valence-electron chi connectivity index (χ1n) is 10.9. The third-order valence-corrected chi connectivity index (χ3v) is 5.61. The van der Waals surface area contributed by atoms with Gasteiger partial charge in [0.25, 0.3) is 0 Å². The zero-order valence-corrected chi connectivity index (χ0v) is 18.3. The molecule has 1 aliphatic rings. The molecular formula is C26H24N6O. The lowest BCUT2D eigenvalue weighted by Crippen LogP contribution is -2.39. The van der Waals surface area contributed by atoms with Crippen molar-refractivity contribution in [3.05, 3.63) is 113 Å². The zero-order chi connectivity index (χ0) is 22.6. The van der Waals surface area contributed by atoms with Gasteiger partial charge in [0.05, 0.1) is 11.4 Å². The minimum absolute atomic E-state index is 0.301. The monoisotopic (exact) mass is 436 g/mol. The number of carbonyl (C=O) groups is 1. The van der Waals surface area contributed by atoms with Gasteiger partial charge in [-0.2, -0.15) is 0 Å². The molecule has 1 aliphatic heterocycles. The number of carbonyl (C=O) groups excluding carboxylic acids is 1. The summed E-state index contributed by atoms with van der Waals surface area (Å²) < 4.78 is 1.96. The summed E-state index contributed by atoms with van der Waals surface area (Å²) in [6.45, 7) is 2.42. The summed E-state index contributed by atoms with van der Waals surface area (Å²) in [4.78, 5) is 17.8. The van der Waals surface area contributed by atoms with E-state index in [2.05, 4.69) is 20.8 Å². The molecule has 1 atom stereocenters. The highest BCUT2D eigenvalue weighted by Gasteiger charge is 2.28. The number of rotatable bonds is 5. The molecule has 2 amide bonds. The maximum absolute atomic E-state index is 12.8. The van der Waals surface area contributed by atoms with Crippen LogP contribution in [-0.4, -0.2) is 33.1 Å². The van der Waals surface area contributed by atoms with Gasteiger partial charge >= 0.3 is 6.03 Å². The average molecular weight is 437 g/mol. The van der Waals surface area contributed by atoms with Crippen LogP contribution in [0, 0.1) is 6.92 Å². The Bertz CT molecular complexity index is 1300. The van der Waals surface area contributed by atoms with Crippen LogP contribution in [0.4, 0.5) is 4.79 Å². The number of hydrogen-bond donors (Lipinski definition) is 2. The van der Waals surface area contributed by atoms with Crippen LogP contribution in [0.5, 0.6) is 0 Å². The molecule has 0 spiro atoms. The Hall–Kier alpha value is -4.26. The Labute approximate surface area is 192 Å². The van der Waals surface area contributed by atoms with Gasteiger partial charge in [0, 0.05) is 17.7 Å². The van der Waals surface area contributed by atoms with Crippen LogP contribution < -0.4 is 10.6 Å². The number of benzene rings is 3. The molecule has 33 heavy (non-hydrogen) atoms. The topological polar surface area (TPSA) is 84.2 Å². The number of aromatic nitrogens is 3. The summed E-state index contributed by atoms with van der Waals surface area (Å²) in [5.41, 5.74) is 4.83. The van der Waals surface area contributed by atoms with Crippen molar-refractivity contribution in [3.8, 4) is 5.69 Å². The van der Waals surface area contributed by atoms with Gasteiger partial charge in [-0.15, -0.1) is 10.2 Å². The fourth-order valence-corrected chi connectivity index (χ4v) is 4.04. The van der Waals surface area contributed by atoms with E-state index in [1.165, 1.54) is 5.56 Å². The molecule has 0 aliphatic carbocycles. The highest BCUT2D eigenvalue weighted by Crippen LogP contribution is 2.29. The molecule has 4 aromatic rings. The molecule has 7 heteroatoms. The van der Waals surface area contributed by atoms with E-state index >= 15 is 0 Å². The van der Waals surface area contributed by atoms with Crippen LogP contribution in [-0.2, 0) is 6.42 Å². The maximum Gasteiger partial charge on any atom is 0.316 e. The van der Waals surface area contributed by atoms with Crippen molar-refractivity contribution < 1.29 is 4.79 Å². The molecule has 1 aromatic heterocycles. The summed E-state index contributed by atoms with van der Waals surface area (Å²) in [5.74, 6) is 1.31. The quantitative estimate of drug-likeness (QED) is 0.497. The SMILES string of the molecule is Cc1nnc2n1-c1ccccc1C(c1ccccc1)=NC2NC(=O)NCCc1ccccc1. The van der Waals surface area contributed by atoms with Crippen LogP contribution in [0.1, 0.15) is 34.5 Å². The Morgan fingerprint density at radius 2 is 1.61 bits per heavy atom. The summed E-state index contributed by atoms with van der Waals surface area (Å²) in [6.07, 6.45) is 0.0589. The molecule has 0 saturated heterocycles. The predicted molar refractivity (Wildman–Crippen MR) is 128 cm³/mol. The molecule has 1 unspecified atom stereocenters. The highest BCUT2D eigenvalue weighted by atomic mass is 16.2. The van der Waals surface area contributed by atoms with E-state index in [4.69, 9.17) is 4.99 Å². The Balaban J connectivity index is 1.46. The molecule has 0 fully saturated rings. The number of nitrogens with zero attached hydrogens (tertiary/aromatic N) is 4. The minimum atomic E-state index is -0.689. The van der Waals surface area contributed by atoms with Gasteiger partial charge in [-0.05, 0) is 25.0 Å². The van der Waals surface area contributed by atoms with Crippen molar-refractivity contribution in [2.75, 3.05) is 6.54 Å². The van der Waals surface area contributed by atoms with Gasteiger partial charge in [0.1, 0.15) is 5.82 Å². The molecule has 0 bridgehead atoms. The predicted octanol–water partition coefficient (Wildman–Crippen LogP) is 3.97. The van der Waals surface area contributed by atoms with Gasteiger partial charge in [-0.25, -0.2) is 4.79 Å².